The second kappa shape index (κ2) is 8.22. The molecule has 0 radical (unpaired) electrons. The van der Waals surface area contributed by atoms with E-state index < -0.39 is 16.1 Å². The van der Waals surface area contributed by atoms with Crippen molar-refractivity contribution in [2.24, 2.45) is 5.92 Å². The van der Waals surface area contributed by atoms with Crippen molar-refractivity contribution >= 4 is 21.6 Å². The number of carbonyl (C=O) groups excluding carboxylic acids is 1. The lowest BCUT2D eigenvalue weighted by molar-refractivity contribution is -0.128. The minimum Gasteiger partial charge on any atom is -0.476 e. The molecule has 0 aliphatic carbocycles. The monoisotopic (exact) mass is 402 g/mol. The van der Waals surface area contributed by atoms with Crippen molar-refractivity contribution in [3.05, 3.63) is 60.2 Å². The first-order valence-corrected chi connectivity index (χ1v) is 11.2. The maximum absolute atomic E-state index is 13.0. The summed E-state index contributed by atoms with van der Waals surface area (Å²) >= 11 is 0. The number of sulfonamides is 1. The summed E-state index contributed by atoms with van der Waals surface area (Å²) in [6.07, 6.45) is 0.993. The molecule has 6 nitrogen and oxygen atoms in total. The van der Waals surface area contributed by atoms with Gasteiger partial charge < -0.3 is 10.1 Å². The van der Waals surface area contributed by atoms with E-state index in [1.807, 2.05) is 30.3 Å². The van der Waals surface area contributed by atoms with Gasteiger partial charge in [0.25, 0.3) is 5.91 Å². The van der Waals surface area contributed by atoms with E-state index in [9.17, 15) is 13.2 Å². The Hall–Kier alpha value is -2.54. The molecule has 3 rings (SSSR count). The normalized spacial score (nSPS) is 17.6. The fourth-order valence-electron chi connectivity index (χ4n) is 3.35. The summed E-state index contributed by atoms with van der Waals surface area (Å²) < 4.78 is 31.6. The molecular weight excluding hydrogens is 376 g/mol. The van der Waals surface area contributed by atoms with E-state index in [-0.39, 0.29) is 18.5 Å². The standard InChI is InChI=1S/C21H26N2O4S/c1-15(2)13-17(16-9-5-4-6-10-16)22-21(24)20-14-23(28(3,25)26)18-11-7-8-12-19(18)27-20/h4-12,15,17,20H,13-14H2,1-3H3,(H,22,24)/t17-,20+/m0/s1. The Morgan fingerprint density at radius 3 is 2.43 bits per heavy atom. The number of anilines is 1. The molecular formula is C21H26N2O4S. The number of nitrogens with one attached hydrogen (secondary N) is 1. The smallest absolute Gasteiger partial charge is 0.263 e. The highest BCUT2D eigenvalue weighted by Crippen LogP contribution is 2.34. The molecule has 0 saturated carbocycles. The van der Waals surface area contributed by atoms with Crippen LogP contribution in [-0.4, -0.2) is 33.2 Å². The third-order valence-electron chi connectivity index (χ3n) is 4.65. The predicted molar refractivity (Wildman–Crippen MR) is 110 cm³/mol. The maximum atomic E-state index is 13.0. The third kappa shape index (κ3) is 4.65. The van der Waals surface area contributed by atoms with Crippen LogP contribution in [-0.2, 0) is 14.8 Å². The van der Waals surface area contributed by atoms with Gasteiger partial charge in [0.2, 0.25) is 10.0 Å². The van der Waals surface area contributed by atoms with Crippen LogP contribution in [0.4, 0.5) is 5.69 Å². The molecule has 0 aromatic heterocycles. The van der Waals surface area contributed by atoms with Crippen molar-refractivity contribution in [3.8, 4) is 5.75 Å². The number of benzene rings is 2. The lowest BCUT2D eigenvalue weighted by Crippen LogP contribution is -2.51. The second-order valence-corrected chi connectivity index (χ2v) is 9.38. The largest absolute Gasteiger partial charge is 0.476 e. The van der Waals surface area contributed by atoms with Crippen LogP contribution in [0.15, 0.2) is 54.6 Å². The van der Waals surface area contributed by atoms with Crippen molar-refractivity contribution in [1.82, 2.24) is 5.32 Å². The Bertz CT molecular complexity index is 928. The zero-order valence-electron chi connectivity index (χ0n) is 16.3. The number of fused-ring (bicyclic) bond motifs is 1. The number of amides is 1. The van der Waals surface area contributed by atoms with Crippen LogP contribution in [0.2, 0.25) is 0 Å². The van der Waals surface area contributed by atoms with E-state index in [0.717, 1.165) is 18.2 Å². The molecule has 1 amide bonds. The second-order valence-electron chi connectivity index (χ2n) is 7.47. The first-order valence-electron chi connectivity index (χ1n) is 9.34. The maximum Gasteiger partial charge on any atom is 0.263 e. The highest BCUT2D eigenvalue weighted by molar-refractivity contribution is 7.92. The number of hydrogen-bond donors (Lipinski definition) is 1. The summed E-state index contributed by atoms with van der Waals surface area (Å²) in [5.74, 6) is 0.447. The zero-order chi connectivity index (χ0) is 20.3. The molecule has 0 unspecified atom stereocenters. The molecule has 7 heteroatoms. The molecule has 1 N–H and O–H groups in total. The van der Waals surface area contributed by atoms with Crippen LogP contribution in [0.3, 0.4) is 0 Å². The molecule has 0 bridgehead atoms. The fraction of sp³-hybridized carbons (Fsp3) is 0.381. The van der Waals surface area contributed by atoms with Crippen LogP contribution in [0, 0.1) is 5.92 Å². The summed E-state index contributed by atoms with van der Waals surface area (Å²) in [5.41, 5.74) is 1.47. The lowest BCUT2D eigenvalue weighted by Gasteiger charge is -2.34. The van der Waals surface area contributed by atoms with E-state index in [1.165, 1.54) is 4.31 Å². The SMILES string of the molecule is CC(C)C[C@H](NC(=O)[C@H]1CN(S(C)(=O)=O)c2ccccc2O1)c1ccccc1. The van der Waals surface area contributed by atoms with Crippen molar-refractivity contribution in [2.45, 2.75) is 32.4 Å². The summed E-state index contributed by atoms with van der Waals surface area (Å²) in [4.78, 5) is 13.0. The molecule has 1 aliphatic heterocycles. The lowest BCUT2D eigenvalue weighted by atomic mass is 9.96. The molecule has 2 aromatic rings. The van der Waals surface area contributed by atoms with Crippen LogP contribution < -0.4 is 14.4 Å². The first kappa shape index (κ1) is 20.2. The van der Waals surface area contributed by atoms with Gasteiger partial charge in [-0.15, -0.1) is 0 Å². The van der Waals surface area contributed by atoms with E-state index in [2.05, 4.69) is 19.2 Å². The quantitative estimate of drug-likeness (QED) is 0.806. The number of para-hydroxylation sites is 2. The van der Waals surface area contributed by atoms with Crippen molar-refractivity contribution < 1.29 is 17.9 Å². The molecule has 150 valence electrons. The molecule has 0 saturated heterocycles. The Morgan fingerprint density at radius 1 is 1.14 bits per heavy atom. The van der Waals surface area contributed by atoms with Gasteiger partial charge in [-0.2, -0.15) is 0 Å². The van der Waals surface area contributed by atoms with Gasteiger partial charge in [-0.05, 0) is 30.0 Å². The molecule has 2 atom stereocenters. The molecule has 0 spiro atoms. The molecule has 0 fully saturated rings. The Labute approximate surface area is 166 Å². The van der Waals surface area contributed by atoms with E-state index >= 15 is 0 Å². The molecule has 1 heterocycles. The number of nitrogens with zero attached hydrogens (tertiary/aromatic N) is 1. The minimum atomic E-state index is -3.53. The minimum absolute atomic E-state index is 0.0507. The summed E-state index contributed by atoms with van der Waals surface area (Å²) in [6, 6.07) is 16.5. The van der Waals surface area contributed by atoms with Crippen LogP contribution in [0.25, 0.3) is 0 Å². The van der Waals surface area contributed by atoms with Crippen molar-refractivity contribution in [1.29, 1.82) is 0 Å². The van der Waals surface area contributed by atoms with Gasteiger partial charge in [0, 0.05) is 0 Å². The predicted octanol–water partition coefficient (Wildman–Crippen LogP) is 3.12. The van der Waals surface area contributed by atoms with E-state index in [4.69, 9.17) is 4.74 Å². The number of rotatable bonds is 6. The number of ether oxygens (including phenoxy) is 1. The number of hydrogen-bond acceptors (Lipinski definition) is 4. The van der Waals surface area contributed by atoms with Crippen LogP contribution >= 0.6 is 0 Å². The van der Waals surface area contributed by atoms with Gasteiger partial charge in [-0.1, -0.05) is 56.3 Å². The Morgan fingerprint density at radius 2 is 1.79 bits per heavy atom. The zero-order valence-corrected chi connectivity index (χ0v) is 17.1. The first-order chi connectivity index (χ1) is 13.3. The summed E-state index contributed by atoms with van der Waals surface area (Å²) in [5, 5.41) is 3.05. The highest BCUT2D eigenvalue weighted by atomic mass is 32.2. The molecule has 1 aliphatic rings. The van der Waals surface area contributed by atoms with Crippen LogP contribution in [0.5, 0.6) is 5.75 Å². The van der Waals surface area contributed by atoms with Gasteiger partial charge in [0.1, 0.15) is 5.75 Å². The van der Waals surface area contributed by atoms with Crippen LogP contribution in [0.1, 0.15) is 31.9 Å². The van der Waals surface area contributed by atoms with E-state index in [0.29, 0.717) is 17.4 Å². The fourth-order valence-corrected chi connectivity index (χ4v) is 4.27. The Balaban J connectivity index is 1.83. The Kier molecular flexibility index (Phi) is 5.93. The van der Waals surface area contributed by atoms with E-state index in [1.54, 1.807) is 24.3 Å². The van der Waals surface area contributed by atoms with Gasteiger partial charge in [-0.3, -0.25) is 9.10 Å². The third-order valence-corrected chi connectivity index (χ3v) is 5.80. The number of carbonyl (C=O) groups is 1. The average Bonchev–Trinajstić information content (AvgIpc) is 2.66. The van der Waals surface area contributed by atoms with Gasteiger partial charge in [0.15, 0.2) is 6.10 Å². The van der Waals surface area contributed by atoms with Crippen molar-refractivity contribution in [2.75, 3.05) is 17.1 Å². The highest BCUT2D eigenvalue weighted by Gasteiger charge is 2.35. The molecule has 2 aromatic carbocycles. The topological polar surface area (TPSA) is 75.7 Å². The van der Waals surface area contributed by atoms with Gasteiger partial charge in [-0.25, -0.2) is 8.42 Å². The van der Waals surface area contributed by atoms with Gasteiger partial charge >= 0.3 is 0 Å². The summed E-state index contributed by atoms with van der Waals surface area (Å²) in [7, 11) is -3.53. The van der Waals surface area contributed by atoms with Gasteiger partial charge in [0.05, 0.1) is 24.5 Å². The average molecular weight is 403 g/mol. The van der Waals surface area contributed by atoms with Crippen molar-refractivity contribution in [3.63, 3.8) is 0 Å². The summed E-state index contributed by atoms with van der Waals surface area (Å²) in [6.45, 7) is 4.15. The molecule has 28 heavy (non-hydrogen) atoms.